The molecule has 2 heterocycles. The first-order chi connectivity index (χ1) is 10.0. The molecule has 0 saturated carbocycles. The number of thioether (sulfide) groups is 1. The van der Waals surface area contributed by atoms with Crippen LogP contribution < -0.4 is 5.32 Å². The zero-order valence-corrected chi connectivity index (χ0v) is 15.3. The Morgan fingerprint density at radius 2 is 2.24 bits per heavy atom. The van der Waals surface area contributed by atoms with E-state index >= 15 is 0 Å². The van der Waals surface area contributed by atoms with E-state index in [4.69, 9.17) is 11.6 Å². The van der Waals surface area contributed by atoms with Crippen molar-refractivity contribution in [2.45, 2.75) is 63.7 Å². The van der Waals surface area contributed by atoms with E-state index in [1.807, 2.05) is 11.7 Å². The quantitative estimate of drug-likeness (QED) is 0.824. The molecule has 0 bridgehead atoms. The zero-order valence-electron chi connectivity index (χ0n) is 13.7. The van der Waals surface area contributed by atoms with Crippen LogP contribution in [0.25, 0.3) is 0 Å². The summed E-state index contributed by atoms with van der Waals surface area (Å²) in [5.74, 6) is 1.28. The number of aromatic nitrogens is 2. The van der Waals surface area contributed by atoms with Crippen LogP contribution in [0.1, 0.15) is 51.4 Å². The van der Waals surface area contributed by atoms with E-state index in [0.29, 0.717) is 10.8 Å². The summed E-state index contributed by atoms with van der Waals surface area (Å²) >= 11 is 8.65. The number of nitrogens with one attached hydrogen (secondary N) is 1. The SMILES string of the molecule is CCCNC(Cc1c(Cl)c(CC)nn1C)C1(C)CCCS1. The van der Waals surface area contributed by atoms with E-state index in [9.17, 15) is 0 Å². The topological polar surface area (TPSA) is 29.9 Å². The van der Waals surface area contributed by atoms with Gasteiger partial charge in [-0.05, 0) is 44.9 Å². The van der Waals surface area contributed by atoms with Crippen LogP contribution in [0.2, 0.25) is 5.02 Å². The fraction of sp³-hybridized carbons (Fsp3) is 0.812. The van der Waals surface area contributed by atoms with Crippen LogP contribution in [-0.2, 0) is 19.9 Å². The molecule has 1 fully saturated rings. The minimum atomic E-state index is 0.315. The predicted molar refractivity (Wildman–Crippen MR) is 93.5 cm³/mol. The summed E-state index contributed by atoms with van der Waals surface area (Å²) in [6, 6.07) is 0.461. The van der Waals surface area contributed by atoms with Gasteiger partial charge in [0.25, 0.3) is 0 Å². The summed E-state index contributed by atoms with van der Waals surface area (Å²) in [5.41, 5.74) is 2.20. The maximum absolute atomic E-state index is 6.54. The van der Waals surface area contributed by atoms with Crippen LogP contribution in [0, 0.1) is 0 Å². The average molecular weight is 330 g/mol. The van der Waals surface area contributed by atoms with Crippen molar-refractivity contribution in [3.05, 3.63) is 16.4 Å². The Bertz CT molecular complexity index is 466. The molecule has 21 heavy (non-hydrogen) atoms. The molecule has 5 heteroatoms. The molecule has 1 aromatic rings. The lowest BCUT2D eigenvalue weighted by Gasteiger charge is -2.34. The highest BCUT2D eigenvalue weighted by Gasteiger charge is 2.38. The monoisotopic (exact) mass is 329 g/mol. The van der Waals surface area contributed by atoms with Gasteiger partial charge in [-0.1, -0.05) is 25.4 Å². The van der Waals surface area contributed by atoms with Crippen LogP contribution in [0.5, 0.6) is 0 Å². The Labute approximate surface area is 138 Å². The first kappa shape index (κ1) is 17.2. The van der Waals surface area contributed by atoms with Gasteiger partial charge in [-0.3, -0.25) is 4.68 Å². The fourth-order valence-electron chi connectivity index (χ4n) is 3.13. The lowest BCUT2D eigenvalue weighted by Crippen LogP contribution is -2.47. The Kier molecular flexibility index (Phi) is 6.04. The molecule has 1 aliphatic rings. The predicted octanol–water partition coefficient (Wildman–Crippen LogP) is 3.83. The first-order valence-electron chi connectivity index (χ1n) is 8.09. The normalized spacial score (nSPS) is 23.7. The van der Waals surface area contributed by atoms with Gasteiger partial charge in [0.15, 0.2) is 0 Å². The van der Waals surface area contributed by atoms with Crippen molar-refractivity contribution in [2.75, 3.05) is 12.3 Å². The second-order valence-electron chi connectivity index (χ2n) is 6.16. The largest absolute Gasteiger partial charge is 0.312 e. The van der Waals surface area contributed by atoms with Crippen LogP contribution in [-0.4, -0.2) is 32.9 Å². The van der Waals surface area contributed by atoms with Crippen molar-refractivity contribution in [1.29, 1.82) is 0 Å². The minimum Gasteiger partial charge on any atom is -0.312 e. The summed E-state index contributed by atoms with van der Waals surface area (Å²) < 4.78 is 2.29. The van der Waals surface area contributed by atoms with Gasteiger partial charge in [0.2, 0.25) is 0 Å². The molecular weight excluding hydrogens is 302 g/mol. The van der Waals surface area contributed by atoms with Gasteiger partial charge in [-0.15, -0.1) is 0 Å². The minimum absolute atomic E-state index is 0.315. The molecule has 1 aromatic heterocycles. The highest BCUT2D eigenvalue weighted by molar-refractivity contribution is 8.00. The van der Waals surface area contributed by atoms with Crippen LogP contribution in [0.15, 0.2) is 0 Å². The Morgan fingerprint density at radius 3 is 2.76 bits per heavy atom. The van der Waals surface area contributed by atoms with Crippen LogP contribution >= 0.6 is 23.4 Å². The van der Waals surface area contributed by atoms with E-state index < -0.39 is 0 Å². The molecule has 3 nitrogen and oxygen atoms in total. The van der Waals surface area contributed by atoms with Gasteiger partial charge >= 0.3 is 0 Å². The molecule has 0 amide bonds. The maximum atomic E-state index is 6.54. The standard InChI is InChI=1S/C16H28ClN3S/c1-5-9-18-14(16(3)8-7-10-21-16)11-13-15(17)12(6-2)19-20(13)4/h14,18H,5-11H2,1-4H3. The summed E-state index contributed by atoms with van der Waals surface area (Å²) in [7, 11) is 2.02. The van der Waals surface area contributed by atoms with E-state index in [-0.39, 0.29) is 0 Å². The van der Waals surface area contributed by atoms with Crippen LogP contribution in [0.4, 0.5) is 0 Å². The average Bonchev–Trinajstić information content (AvgIpc) is 3.01. The van der Waals surface area contributed by atoms with E-state index in [1.165, 1.54) is 24.3 Å². The van der Waals surface area contributed by atoms with Gasteiger partial charge in [0.1, 0.15) is 0 Å². The number of hydrogen-bond acceptors (Lipinski definition) is 3. The second kappa shape index (κ2) is 7.38. The number of aryl methyl sites for hydroxylation is 2. The molecule has 1 N–H and O–H groups in total. The Morgan fingerprint density at radius 1 is 1.48 bits per heavy atom. The fourth-order valence-corrected chi connectivity index (χ4v) is 4.92. The molecule has 0 spiro atoms. The molecule has 0 radical (unpaired) electrons. The lowest BCUT2D eigenvalue weighted by atomic mass is 9.92. The van der Waals surface area contributed by atoms with Crippen molar-refractivity contribution in [3.63, 3.8) is 0 Å². The zero-order chi connectivity index (χ0) is 15.5. The third-order valence-corrected chi connectivity index (χ3v) is 6.60. The molecule has 120 valence electrons. The summed E-state index contributed by atoms with van der Waals surface area (Å²) in [5, 5.41) is 9.19. The summed E-state index contributed by atoms with van der Waals surface area (Å²) in [6.07, 6.45) is 5.63. The Balaban J connectivity index is 2.20. The summed E-state index contributed by atoms with van der Waals surface area (Å²) in [6.45, 7) is 7.80. The molecule has 1 saturated heterocycles. The highest BCUT2D eigenvalue weighted by Crippen LogP contribution is 2.42. The number of halogens is 1. The van der Waals surface area contributed by atoms with Gasteiger partial charge in [0.05, 0.1) is 16.4 Å². The van der Waals surface area contributed by atoms with E-state index in [1.54, 1.807) is 0 Å². The number of rotatable bonds is 7. The highest BCUT2D eigenvalue weighted by atomic mass is 35.5. The molecule has 2 unspecified atom stereocenters. The third kappa shape index (κ3) is 3.77. The molecule has 2 rings (SSSR count). The Hall–Kier alpha value is -0.190. The van der Waals surface area contributed by atoms with Crippen molar-refractivity contribution in [2.24, 2.45) is 7.05 Å². The van der Waals surface area contributed by atoms with Gasteiger partial charge in [-0.2, -0.15) is 16.9 Å². The molecule has 2 atom stereocenters. The second-order valence-corrected chi connectivity index (χ2v) is 8.17. The van der Waals surface area contributed by atoms with Gasteiger partial charge < -0.3 is 5.32 Å². The molecule has 0 aromatic carbocycles. The van der Waals surface area contributed by atoms with Crippen molar-refractivity contribution in [3.8, 4) is 0 Å². The smallest absolute Gasteiger partial charge is 0.0850 e. The molecule has 0 aliphatic carbocycles. The maximum Gasteiger partial charge on any atom is 0.0850 e. The third-order valence-electron chi connectivity index (χ3n) is 4.53. The summed E-state index contributed by atoms with van der Waals surface area (Å²) in [4.78, 5) is 0. The molecular formula is C16H28ClN3S. The van der Waals surface area contributed by atoms with Crippen molar-refractivity contribution in [1.82, 2.24) is 15.1 Å². The van der Waals surface area contributed by atoms with Gasteiger partial charge in [0, 0.05) is 24.3 Å². The van der Waals surface area contributed by atoms with Crippen molar-refractivity contribution < 1.29 is 0 Å². The first-order valence-corrected chi connectivity index (χ1v) is 9.45. The van der Waals surface area contributed by atoms with E-state index in [0.717, 1.165) is 36.5 Å². The lowest BCUT2D eigenvalue weighted by molar-refractivity contribution is 0.392. The van der Waals surface area contributed by atoms with E-state index in [2.05, 4.69) is 42.9 Å². The van der Waals surface area contributed by atoms with Crippen molar-refractivity contribution >= 4 is 23.4 Å². The number of hydrogen-bond donors (Lipinski definition) is 1. The number of nitrogens with zero attached hydrogens (tertiary/aromatic N) is 2. The van der Waals surface area contributed by atoms with Crippen LogP contribution in [0.3, 0.4) is 0 Å². The van der Waals surface area contributed by atoms with Gasteiger partial charge in [-0.25, -0.2) is 0 Å². The molecule has 1 aliphatic heterocycles.